The molecule has 0 spiro atoms. The lowest BCUT2D eigenvalue weighted by Gasteiger charge is -2.31. The molecule has 1 heterocycles. The molecule has 8 heteroatoms. The lowest BCUT2D eigenvalue weighted by Crippen LogP contribution is -2.45. The number of benzene rings is 2. The molecule has 1 atom stereocenters. The summed E-state index contributed by atoms with van der Waals surface area (Å²) in [5.41, 5.74) is 2.74. The first-order valence-corrected chi connectivity index (χ1v) is 11.9. The molecule has 0 radical (unpaired) electrons. The number of hydrogen-bond acceptors (Lipinski definition) is 3. The molecule has 5 nitrogen and oxygen atoms in total. The van der Waals surface area contributed by atoms with E-state index in [4.69, 9.17) is 23.2 Å². The molecule has 0 saturated carbocycles. The fourth-order valence-electron chi connectivity index (χ4n) is 3.48. The summed E-state index contributed by atoms with van der Waals surface area (Å²) < 4.78 is 27.1. The van der Waals surface area contributed by atoms with Crippen molar-refractivity contribution in [1.29, 1.82) is 0 Å². The molecule has 1 fully saturated rings. The third kappa shape index (κ3) is 5.72. The van der Waals surface area contributed by atoms with Gasteiger partial charge < -0.3 is 5.32 Å². The van der Waals surface area contributed by atoms with Crippen LogP contribution in [0.2, 0.25) is 10.0 Å². The maximum absolute atomic E-state index is 12.9. The highest BCUT2D eigenvalue weighted by Gasteiger charge is 2.32. The topological polar surface area (TPSA) is 66.5 Å². The molecule has 0 aromatic heterocycles. The minimum atomic E-state index is -3.55. The van der Waals surface area contributed by atoms with Crippen LogP contribution in [0.25, 0.3) is 0 Å². The number of amides is 1. The number of halogens is 2. The van der Waals surface area contributed by atoms with Gasteiger partial charge in [-0.1, -0.05) is 53.5 Å². The number of hydrogen-bond donors (Lipinski definition) is 1. The second-order valence-electron chi connectivity index (χ2n) is 7.35. The highest BCUT2D eigenvalue weighted by atomic mass is 35.5. The fourth-order valence-corrected chi connectivity index (χ4v) is 5.39. The Hall–Kier alpha value is -1.60. The summed E-state index contributed by atoms with van der Waals surface area (Å²) in [6.07, 6.45) is 1.33. The third-order valence-corrected chi connectivity index (χ3v) is 7.75. The number of aryl methyl sites for hydroxylation is 1. The van der Waals surface area contributed by atoms with Crippen LogP contribution >= 0.6 is 23.2 Å². The third-order valence-electron chi connectivity index (χ3n) is 5.20. The molecule has 0 unspecified atom stereocenters. The van der Waals surface area contributed by atoms with Crippen LogP contribution in [0.5, 0.6) is 0 Å². The Morgan fingerprint density at radius 3 is 2.66 bits per heavy atom. The summed E-state index contributed by atoms with van der Waals surface area (Å²) in [6.45, 7) is 3.06. The summed E-state index contributed by atoms with van der Waals surface area (Å²) in [5, 5.41) is 3.66. The summed E-state index contributed by atoms with van der Waals surface area (Å²) >= 11 is 11.9. The van der Waals surface area contributed by atoms with E-state index in [0.717, 1.165) is 11.1 Å². The van der Waals surface area contributed by atoms with Crippen molar-refractivity contribution in [2.45, 2.75) is 32.1 Å². The van der Waals surface area contributed by atoms with E-state index in [1.54, 1.807) is 18.2 Å². The van der Waals surface area contributed by atoms with E-state index in [1.165, 1.54) is 4.31 Å². The largest absolute Gasteiger partial charge is 0.352 e. The Bertz CT molecular complexity index is 995. The van der Waals surface area contributed by atoms with Gasteiger partial charge in [0.05, 0.1) is 21.7 Å². The Morgan fingerprint density at radius 1 is 1.17 bits per heavy atom. The lowest BCUT2D eigenvalue weighted by atomic mass is 9.98. The van der Waals surface area contributed by atoms with Gasteiger partial charge in [-0.2, -0.15) is 0 Å². The highest BCUT2D eigenvalue weighted by Crippen LogP contribution is 2.26. The standard InChI is InChI=1S/C21H24Cl2N2O3S/c1-15-5-2-3-6-17(15)12-24-21(26)18-7-4-10-25(13-18)29(27,28)14-16-8-9-19(22)20(23)11-16/h2-3,5-6,8-9,11,18H,4,7,10,12-14H2,1H3,(H,24,26)/t18-/m1/s1. The van der Waals surface area contributed by atoms with Crippen LogP contribution in [-0.4, -0.2) is 31.7 Å². The van der Waals surface area contributed by atoms with Crippen molar-refractivity contribution in [3.63, 3.8) is 0 Å². The van der Waals surface area contributed by atoms with E-state index < -0.39 is 10.0 Å². The maximum atomic E-state index is 12.9. The van der Waals surface area contributed by atoms with Gasteiger partial charge in [-0.05, 0) is 48.6 Å². The van der Waals surface area contributed by atoms with E-state index in [0.29, 0.717) is 41.5 Å². The molecule has 1 saturated heterocycles. The number of nitrogens with one attached hydrogen (secondary N) is 1. The van der Waals surface area contributed by atoms with Gasteiger partial charge >= 0.3 is 0 Å². The van der Waals surface area contributed by atoms with Crippen LogP contribution in [-0.2, 0) is 27.1 Å². The summed E-state index contributed by atoms with van der Waals surface area (Å²) in [6, 6.07) is 12.7. The minimum Gasteiger partial charge on any atom is -0.352 e. The van der Waals surface area contributed by atoms with Gasteiger partial charge in [0, 0.05) is 19.6 Å². The van der Waals surface area contributed by atoms with Crippen molar-refractivity contribution in [2.24, 2.45) is 5.92 Å². The predicted octanol–water partition coefficient (Wildman–Crippen LogP) is 4.16. The van der Waals surface area contributed by atoms with Crippen LogP contribution in [0.3, 0.4) is 0 Å². The van der Waals surface area contributed by atoms with Crippen molar-refractivity contribution in [1.82, 2.24) is 9.62 Å². The second kappa shape index (κ2) is 9.47. The molecule has 156 valence electrons. The van der Waals surface area contributed by atoms with Crippen LogP contribution in [0.4, 0.5) is 0 Å². The van der Waals surface area contributed by atoms with E-state index in [9.17, 15) is 13.2 Å². The Labute approximate surface area is 182 Å². The molecule has 0 aliphatic carbocycles. The van der Waals surface area contributed by atoms with Gasteiger partial charge in [-0.25, -0.2) is 12.7 Å². The summed E-state index contributed by atoms with van der Waals surface area (Å²) in [5.74, 6) is -0.624. The first-order chi connectivity index (χ1) is 13.8. The molecular formula is C21H24Cl2N2O3S. The molecular weight excluding hydrogens is 431 g/mol. The average Bonchev–Trinajstić information content (AvgIpc) is 2.70. The van der Waals surface area contributed by atoms with E-state index in [1.807, 2.05) is 31.2 Å². The van der Waals surface area contributed by atoms with Gasteiger partial charge in [0.25, 0.3) is 0 Å². The summed E-state index contributed by atoms with van der Waals surface area (Å²) in [7, 11) is -3.55. The van der Waals surface area contributed by atoms with E-state index >= 15 is 0 Å². The normalized spacial score (nSPS) is 17.8. The van der Waals surface area contributed by atoms with Crippen LogP contribution in [0.15, 0.2) is 42.5 Å². The SMILES string of the molecule is Cc1ccccc1CNC(=O)[C@@H]1CCCN(S(=O)(=O)Cc2ccc(Cl)c(Cl)c2)C1. The molecule has 1 aliphatic heterocycles. The van der Waals surface area contributed by atoms with Gasteiger partial charge in [-0.3, -0.25) is 4.79 Å². The van der Waals surface area contributed by atoms with Crippen molar-refractivity contribution in [3.8, 4) is 0 Å². The fraction of sp³-hybridized carbons (Fsp3) is 0.381. The Kier molecular flexibility index (Phi) is 7.22. The van der Waals surface area contributed by atoms with Crippen molar-refractivity contribution >= 4 is 39.1 Å². The van der Waals surface area contributed by atoms with Gasteiger partial charge in [0.2, 0.25) is 15.9 Å². The smallest absolute Gasteiger partial charge is 0.224 e. The zero-order chi connectivity index (χ0) is 21.0. The molecule has 29 heavy (non-hydrogen) atoms. The minimum absolute atomic E-state index is 0.109. The molecule has 2 aromatic rings. The zero-order valence-corrected chi connectivity index (χ0v) is 18.5. The molecule has 1 N–H and O–H groups in total. The molecule has 3 rings (SSSR count). The summed E-state index contributed by atoms with van der Waals surface area (Å²) in [4.78, 5) is 12.6. The lowest BCUT2D eigenvalue weighted by molar-refractivity contribution is -0.126. The van der Waals surface area contributed by atoms with Crippen LogP contribution in [0.1, 0.15) is 29.5 Å². The number of rotatable bonds is 6. The van der Waals surface area contributed by atoms with Crippen molar-refractivity contribution < 1.29 is 13.2 Å². The van der Waals surface area contributed by atoms with E-state index in [2.05, 4.69) is 5.32 Å². The van der Waals surface area contributed by atoms with Crippen molar-refractivity contribution in [2.75, 3.05) is 13.1 Å². The number of carbonyl (C=O) groups excluding carboxylic acids is 1. The van der Waals surface area contributed by atoms with Crippen LogP contribution < -0.4 is 5.32 Å². The van der Waals surface area contributed by atoms with Gasteiger partial charge in [0.1, 0.15) is 0 Å². The average molecular weight is 455 g/mol. The van der Waals surface area contributed by atoms with E-state index in [-0.39, 0.29) is 24.1 Å². The molecule has 1 amide bonds. The zero-order valence-electron chi connectivity index (χ0n) is 16.2. The first kappa shape index (κ1) is 22.1. The highest BCUT2D eigenvalue weighted by molar-refractivity contribution is 7.88. The number of piperidine rings is 1. The number of carbonyl (C=O) groups is 1. The van der Waals surface area contributed by atoms with Gasteiger partial charge in [-0.15, -0.1) is 0 Å². The molecule has 1 aliphatic rings. The first-order valence-electron chi connectivity index (χ1n) is 9.50. The molecule has 0 bridgehead atoms. The quantitative estimate of drug-likeness (QED) is 0.712. The maximum Gasteiger partial charge on any atom is 0.224 e. The van der Waals surface area contributed by atoms with Gasteiger partial charge in [0.15, 0.2) is 0 Å². The molecule has 2 aromatic carbocycles. The van der Waals surface area contributed by atoms with Crippen molar-refractivity contribution in [3.05, 3.63) is 69.2 Å². The van der Waals surface area contributed by atoms with Crippen LogP contribution in [0, 0.1) is 12.8 Å². The predicted molar refractivity (Wildman–Crippen MR) is 116 cm³/mol. The Morgan fingerprint density at radius 2 is 1.93 bits per heavy atom. The number of nitrogens with zero attached hydrogens (tertiary/aromatic N) is 1. The second-order valence-corrected chi connectivity index (χ2v) is 10.1. The monoisotopic (exact) mass is 454 g/mol. The number of sulfonamides is 1. The Balaban J connectivity index is 1.62.